The SMILES string of the molecule is CC1CC1C(=O)Nc1ccc(C(=O)NCC2(C(=O)O)CCOCC2)cc1. The van der Waals surface area contributed by atoms with Crippen LogP contribution >= 0.6 is 0 Å². The number of anilines is 1. The summed E-state index contributed by atoms with van der Waals surface area (Å²) in [5, 5.41) is 15.1. The van der Waals surface area contributed by atoms with Crippen molar-refractivity contribution in [1.82, 2.24) is 5.32 Å². The summed E-state index contributed by atoms with van der Waals surface area (Å²) >= 11 is 0. The Morgan fingerprint density at radius 2 is 1.81 bits per heavy atom. The fourth-order valence-electron chi connectivity index (χ4n) is 3.21. The maximum Gasteiger partial charge on any atom is 0.311 e. The van der Waals surface area contributed by atoms with Gasteiger partial charge >= 0.3 is 5.97 Å². The van der Waals surface area contributed by atoms with Crippen LogP contribution in [0.15, 0.2) is 24.3 Å². The lowest BCUT2D eigenvalue weighted by molar-refractivity contribution is -0.154. The molecule has 2 amide bonds. The van der Waals surface area contributed by atoms with Gasteiger partial charge in [-0.25, -0.2) is 0 Å². The number of carbonyl (C=O) groups is 3. The third-order valence-electron chi connectivity index (χ3n) is 5.35. The Morgan fingerprint density at radius 1 is 1.19 bits per heavy atom. The highest BCUT2D eigenvalue weighted by molar-refractivity contribution is 5.97. The molecule has 2 fully saturated rings. The minimum Gasteiger partial charge on any atom is -0.481 e. The molecular weight excluding hydrogens is 336 g/mol. The molecule has 26 heavy (non-hydrogen) atoms. The summed E-state index contributed by atoms with van der Waals surface area (Å²) in [6.07, 6.45) is 1.68. The number of nitrogens with one attached hydrogen (secondary N) is 2. The van der Waals surface area contributed by atoms with Crippen LogP contribution < -0.4 is 10.6 Å². The van der Waals surface area contributed by atoms with Crippen LogP contribution in [0.1, 0.15) is 36.5 Å². The van der Waals surface area contributed by atoms with E-state index < -0.39 is 11.4 Å². The van der Waals surface area contributed by atoms with Gasteiger partial charge in [0.1, 0.15) is 0 Å². The van der Waals surface area contributed by atoms with E-state index in [9.17, 15) is 19.5 Å². The van der Waals surface area contributed by atoms with Crippen LogP contribution in [0.4, 0.5) is 5.69 Å². The van der Waals surface area contributed by atoms with Gasteiger partial charge in [-0.15, -0.1) is 0 Å². The highest BCUT2D eigenvalue weighted by atomic mass is 16.5. The number of carboxylic acids is 1. The molecule has 3 N–H and O–H groups in total. The van der Waals surface area contributed by atoms with Crippen LogP contribution in [-0.4, -0.2) is 42.6 Å². The predicted octanol–water partition coefficient (Wildman–Crippen LogP) is 1.89. The van der Waals surface area contributed by atoms with Gasteiger partial charge in [-0.2, -0.15) is 0 Å². The summed E-state index contributed by atoms with van der Waals surface area (Å²) in [6, 6.07) is 6.61. The minimum atomic E-state index is -0.969. The van der Waals surface area contributed by atoms with E-state index in [-0.39, 0.29) is 24.3 Å². The summed E-state index contributed by atoms with van der Waals surface area (Å²) in [5.41, 5.74) is 0.107. The Kier molecular flexibility index (Phi) is 5.27. The summed E-state index contributed by atoms with van der Waals surface area (Å²) in [4.78, 5) is 35.9. The third-order valence-corrected chi connectivity index (χ3v) is 5.35. The number of ether oxygens (including phenoxy) is 1. The largest absolute Gasteiger partial charge is 0.481 e. The normalized spacial score (nSPS) is 23.7. The number of carbonyl (C=O) groups excluding carboxylic acids is 2. The second kappa shape index (κ2) is 7.45. The first-order chi connectivity index (χ1) is 12.4. The van der Waals surface area contributed by atoms with Gasteiger partial charge in [-0.3, -0.25) is 14.4 Å². The van der Waals surface area contributed by atoms with Crippen LogP contribution in [-0.2, 0) is 14.3 Å². The Bertz CT molecular complexity index is 694. The number of hydrogen-bond donors (Lipinski definition) is 3. The molecule has 0 aromatic heterocycles. The van der Waals surface area contributed by atoms with Crippen LogP contribution in [0.5, 0.6) is 0 Å². The van der Waals surface area contributed by atoms with Gasteiger partial charge in [0.15, 0.2) is 0 Å². The Hall–Kier alpha value is -2.41. The molecule has 0 spiro atoms. The summed E-state index contributed by atoms with van der Waals surface area (Å²) < 4.78 is 5.23. The highest BCUT2D eigenvalue weighted by Gasteiger charge is 2.40. The number of rotatable bonds is 6. The molecule has 1 saturated heterocycles. The van der Waals surface area contributed by atoms with Crippen molar-refractivity contribution >= 4 is 23.5 Å². The molecule has 0 bridgehead atoms. The summed E-state index contributed by atoms with van der Waals surface area (Å²) in [6.45, 7) is 2.88. The number of hydrogen-bond acceptors (Lipinski definition) is 4. The van der Waals surface area contributed by atoms with Crippen molar-refractivity contribution < 1.29 is 24.2 Å². The van der Waals surface area contributed by atoms with Gasteiger partial charge < -0.3 is 20.5 Å². The van der Waals surface area contributed by atoms with Crippen molar-refractivity contribution in [3.05, 3.63) is 29.8 Å². The molecular formula is C19H24N2O5. The number of aliphatic carboxylic acids is 1. The van der Waals surface area contributed by atoms with Gasteiger partial charge in [-0.1, -0.05) is 6.92 Å². The van der Waals surface area contributed by atoms with Crippen LogP contribution in [0, 0.1) is 17.3 Å². The molecule has 140 valence electrons. The molecule has 1 aliphatic heterocycles. The van der Waals surface area contributed by atoms with Crippen molar-refractivity contribution in [3.8, 4) is 0 Å². The van der Waals surface area contributed by atoms with E-state index in [2.05, 4.69) is 10.6 Å². The standard InChI is InChI=1S/C19H24N2O5/c1-12-10-15(12)17(23)21-14-4-2-13(3-5-14)16(22)20-11-19(18(24)25)6-8-26-9-7-19/h2-5,12,15H,6-11H2,1H3,(H,20,22)(H,21,23)(H,24,25). The zero-order chi connectivity index (χ0) is 18.7. The van der Waals surface area contributed by atoms with E-state index in [0.717, 1.165) is 6.42 Å². The Labute approximate surface area is 152 Å². The zero-order valence-corrected chi connectivity index (χ0v) is 14.8. The minimum absolute atomic E-state index is 0.0117. The van der Waals surface area contributed by atoms with Crippen molar-refractivity contribution in [2.24, 2.45) is 17.3 Å². The highest BCUT2D eigenvalue weighted by Crippen LogP contribution is 2.38. The first-order valence-electron chi connectivity index (χ1n) is 8.91. The molecule has 1 heterocycles. The first kappa shape index (κ1) is 18.4. The average molecular weight is 360 g/mol. The zero-order valence-electron chi connectivity index (χ0n) is 14.8. The predicted molar refractivity (Wildman–Crippen MR) is 94.8 cm³/mol. The van der Waals surface area contributed by atoms with Crippen molar-refractivity contribution in [1.29, 1.82) is 0 Å². The number of amides is 2. The third kappa shape index (κ3) is 4.04. The average Bonchev–Trinajstić information content (AvgIpc) is 3.38. The maximum absolute atomic E-state index is 12.3. The lowest BCUT2D eigenvalue weighted by atomic mass is 9.80. The first-order valence-corrected chi connectivity index (χ1v) is 8.91. The maximum atomic E-state index is 12.3. The number of benzene rings is 1. The molecule has 1 aromatic carbocycles. The summed E-state index contributed by atoms with van der Waals surface area (Å²) in [5.74, 6) is -0.701. The van der Waals surface area contributed by atoms with Crippen LogP contribution in [0.3, 0.4) is 0 Å². The molecule has 1 saturated carbocycles. The molecule has 7 heteroatoms. The smallest absolute Gasteiger partial charge is 0.311 e. The number of carboxylic acid groups (broad SMARTS) is 1. The van der Waals surface area contributed by atoms with Crippen LogP contribution in [0.2, 0.25) is 0 Å². The van der Waals surface area contributed by atoms with Crippen LogP contribution in [0.25, 0.3) is 0 Å². The Balaban J connectivity index is 1.56. The van der Waals surface area contributed by atoms with E-state index >= 15 is 0 Å². The molecule has 1 aromatic rings. The summed E-state index contributed by atoms with van der Waals surface area (Å²) in [7, 11) is 0. The molecule has 0 radical (unpaired) electrons. The van der Waals surface area contributed by atoms with Gasteiger partial charge in [0.25, 0.3) is 5.91 Å². The van der Waals surface area contributed by atoms with Crippen molar-refractivity contribution in [2.75, 3.05) is 25.1 Å². The topological polar surface area (TPSA) is 105 Å². The van der Waals surface area contributed by atoms with Gasteiger partial charge in [-0.05, 0) is 49.4 Å². The monoisotopic (exact) mass is 360 g/mol. The van der Waals surface area contributed by atoms with Gasteiger partial charge in [0.05, 0.1) is 5.41 Å². The van der Waals surface area contributed by atoms with E-state index in [0.29, 0.717) is 43.2 Å². The molecule has 2 unspecified atom stereocenters. The van der Waals surface area contributed by atoms with Gasteiger partial charge in [0, 0.05) is 36.9 Å². The molecule has 1 aliphatic carbocycles. The second-order valence-electron chi connectivity index (χ2n) is 7.27. The van der Waals surface area contributed by atoms with E-state index in [4.69, 9.17) is 4.74 Å². The second-order valence-corrected chi connectivity index (χ2v) is 7.27. The quantitative estimate of drug-likeness (QED) is 0.719. The van der Waals surface area contributed by atoms with Crippen molar-refractivity contribution in [3.63, 3.8) is 0 Å². The van der Waals surface area contributed by atoms with Gasteiger partial charge in [0.2, 0.25) is 5.91 Å². The Morgan fingerprint density at radius 3 is 2.35 bits per heavy atom. The fourth-order valence-corrected chi connectivity index (χ4v) is 3.21. The lowest BCUT2D eigenvalue weighted by Crippen LogP contribution is -2.46. The van der Waals surface area contributed by atoms with E-state index in [1.807, 2.05) is 6.92 Å². The van der Waals surface area contributed by atoms with E-state index in [1.165, 1.54) is 0 Å². The molecule has 7 nitrogen and oxygen atoms in total. The fraction of sp³-hybridized carbons (Fsp3) is 0.526. The lowest BCUT2D eigenvalue weighted by Gasteiger charge is -2.33. The van der Waals surface area contributed by atoms with Crippen molar-refractivity contribution in [2.45, 2.75) is 26.2 Å². The molecule has 2 atom stereocenters. The molecule has 3 rings (SSSR count). The van der Waals surface area contributed by atoms with E-state index in [1.54, 1.807) is 24.3 Å². The molecule has 2 aliphatic rings.